The van der Waals surface area contributed by atoms with Crippen molar-refractivity contribution in [1.82, 2.24) is 15.5 Å². The van der Waals surface area contributed by atoms with E-state index in [1.807, 2.05) is 32.0 Å². The van der Waals surface area contributed by atoms with Crippen molar-refractivity contribution in [3.63, 3.8) is 0 Å². The summed E-state index contributed by atoms with van der Waals surface area (Å²) in [6, 6.07) is 13.5. The van der Waals surface area contributed by atoms with E-state index in [1.165, 1.54) is 0 Å². The summed E-state index contributed by atoms with van der Waals surface area (Å²) in [5, 5.41) is 14.8. The number of fused-ring (bicyclic) bond motifs is 3. The van der Waals surface area contributed by atoms with Gasteiger partial charge in [-0.2, -0.15) is 0 Å². The number of hydrogen-bond donors (Lipinski definition) is 3. The van der Waals surface area contributed by atoms with Gasteiger partial charge in [-0.1, -0.05) is 62.4 Å². The van der Waals surface area contributed by atoms with E-state index >= 15 is 0 Å². The van der Waals surface area contributed by atoms with Crippen molar-refractivity contribution in [1.29, 1.82) is 0 Å². The van der Waals surface area contributed by atoms with Gasteiger partial charge < -0.3 is 20.6 Å². The van der Waals surface area contributed by atoms with E-state index in [1.54, 1.807) is 66.9 Å². The highest BCUT2D eigenvalue weighted by atomic mass is 32.2. The first-order chi connectivity index (χ1) is 17.0. The average Bonchev–Trinajstić information content (AvgIpc) is 3.26. The lowest BCUT2D eigenvalue weighted by Crippen LogP contribution is -2.59. The number of aliphatic carboxylic acids is 1. The van der Waals surface area contributed by atoms with Crippen LogP contribution in [0.5, 0.6) is 0 Å². The molecule has 0 aliphatic carbocycles. The van der Waals surface area contributed by atoms with Crippen LogP contribution < -0.4 is 10.6 Å². The molecule has 0 saturated carbocycles. The quantitative estimate of drug-likeness (QED) is 0.504. The van der Waals surface area contributed by atoms with Gasteiger partial charge >= 0.3 is 5.97 Å². The number of carbonyl (C=O) groups is 4. The molecule has 1 saturated heterocycles. The molecule has 3 N–H and O–H groups in total. The summed E-state index contributed by atoms with van der Waals surface area (Å²) in [5.41, 5.74) is 2.25. The van der Waals surface area contributed by atoms with Crippen LogP contribution in [0.3, 0.4) is 0 Å². The Morgan fingerprint density at radius 3 is 2.31 bits per heavy atom. The monoisotopic (exact) mass is 509 g/mol. The number of carboxylic acids is 1. The van der Waals surface area contributed by atoms with Crippen molar-refractivity contribution in [3.05, 3.63) is 71.3 Å². The summed E-state index contributed by atoms with van der Waals surface area (Å²) < 4.78 is -0.590. The van der Waals surface area contributed by atoms with E-state index in [0.717, 1.165) is 11.1 Å². The fourth-order valence-corrected chi connectivity index (χ4v) is 6.47. The molecule has 36 heavy (non-hydrogen) atoms. The van der Waals surface area contributed by atoms with Gasteiger partial charge in [0.05, 0.1) is 0 Å². The highest BCUT2D eigenvalue weighted by Gasteiger charge is 2.57. The maximum absolute atomic E-state index is 13.6. The summed E-state index contributed by atoms with van der Waals surface area (Å²) in [7, 11) is 0. The summed E-state index contributed by atoms with van der Waals surface area (Å²) in [6.07, 6.45) is 0.120. The molecule has 3 amide bonds. The summed E-state index contributed by atoms with van der Waals surface area (Å²) >= 11 is 1.55. The molecule has 8 nitrogen and oxygen atoms in total. The number of nitrogens with one attached hydrogen (secondary N) is 2. The summed E-state index contributed by atoms with van der Waals surface area (Å²) in [4.78, 5) is 53.5. The average molecular weight is 510 g/mol. The lowest BCUT2D eigenvalue weighted by molar-refractivity contribution is -0.142. The lowest BCUT2D eigenvalue weighted by Gasteiger charge is -2.32. The molecule has 2 aromatic carbocycles. The number of amides is 3. The second-order valence-corrected chi connectivity index (χ2v) is 11.8. The first kappa shape index (κ1) is 25.8. The highest BCUT2D eigenvalue weighted by Crippen LogP contribution is 2.56. The van der Waals surface area contributed by atoms with Gasteiger partial charge in [0, 0.05) is 16.7 Å². The van der Waals surface area contributed by atoms with Gasteiger partial charge in [-0.15, -0.1) is 11.8 Å². The zero-order valence-electron chi connectivity index (χ0n) is 20.7. The normalized spacial score (nSPS) is 21.5. The minimum atomic E-state index is -1.15. The Morgan fingerprint density at radius 1 is 1.03 bits per heavy atom. The van der Waals surface area contributed by atoms with Crippen molar-refractivity contribution in [2.75, 3.05) is 0 Å². The zero-order valence-corrected chi connectivity index (χ0v) is 21.5. The number of nitrogens with zero attached hydrogens (tertiary/aromatic N) is 1. The standard InChI is InChI=1S/C27H31N3O5S/c1-15(2)20(22(31)28-19(26(34)35)14-16-10-6-5-7-11-16)29-23(32)21-27(3,4)36-25-18-13-9-8-12-17(18)24(33)30(21)25/h5-13,15,19-21,25H,14H2,1-4H3,(H,28,31)(H,29,32)(H,34,35)/t19-,20-,21+,25-/m0/s1. The fraction of sp³-hybridized carbons (Fsp3) is 0.407. The van der Waals surface area contributed by atoms with Gasteiger partial charge in [0.1, 0.15) is 23.5 Å². The number of hydrogen-bond acceptors (Lipinski definition) is 5. The van der Waals surface area contributed by atoms with Crippen LogP contribution in [0.25, 0.3) is 0 Å². The molecular weight excluding hydrogens is 478 g/mol. The van der Waals surface area contributed by atoms with Crippen molar-refractivity contribution in [2.24, 2.45) is 5.92 Å². The largest absolute Gasteiger partial charge is 0.480 e. The van der Waals surface area contributed by atoms with E-state index in [2.05, 4.69) is 10.6 Å². The number of rotatable bonds is 8. The fourth-order valence-electron chi connectivity index (χ4n) is 4.88. The predicted octanol–water partition coefficient (Wildman–Crippen LogP) is 2.99. The maximum atomic E-state index is 13.6. The molecule has 0 aromatic heterocycles. The minimum Gasteiger partial charge on any atom is -0.480 e. The van der Waals surface area contributed by atoms with Gasteiger partial charge in [0.25, 0.3) is 5.91 Å². The van der Waals surface area contributed by atoms with Crippen molar-refractivity contribution < 1.29 is 24.3 Å². The van der Waals surface area contributed by atoms with Gasteiger partial charge in [0.2, 0.25) is 11.8 Å². The molecule has 0 radical (unpaired) electrons. The first-order valence-corrected chi connectivity index (χ1v) is 12.9. The zero-order chi connectivity index (χ0) is 26.2. The third-order valence-corrected chi connectivity index (χ3v) is 8.22. The van der Waals surface area contributed by atoms with Gasteiger partial charge in [-0.3, -0.25) is 14.4 Å². The minimum absolute atomic E-state index is 0.120. The Bertz CT molecular complexity index is 1180. The molecule has 4 atom stereocenters. The van der Waals surface area contributed by atoms with Crippen molar-refractivity contribution in [2.45, 2.75) is 62.4 Å². The SMILES string of the molecule is CC(C)[C@H](NC(=O)[C@H]1N2C(=O)c3ccccc3[C@@H]2SC1(C)C)C(=O)N[C@@H](Cc1ccccc1)C(=O)O. The molecule has 2 aliphatic heterocycles. The molecule has 190 valence electrons. The third-order valence-electron chi connectivity index (χ3n) is 6.69. The second kappa shape index (κ2) is 9.97. The Labute approximate surface area is 214 Å². The summed E-state index contributed by atoms with van der Waals surface area (Å²) in [5.74, 6) is -2.66. The van der Waals surface area contributed by atoms with Crippen LogP contribution in [0, 0.1) is 5.92 Å². The maximum Gasteiger partial charge on any atom is 0.326 e. The van der Waals surface area contributed by atoms with Crippen LogP contribution in [0.4, 0.5) is 0 Å². The molecule has 0 unspecified atom stereocenters. The van der Waals surface area contributed by atoms with Gasteiger partial charge in [-0.25, -0.2) is 4.79 Å². The molecular formula is C27H31N3O5S. The summed E-state index contributed by atoms with van der Waals surface area (Å²) in [6.45, 7) is 7.40. The number of carboxylic acid groups (broad SMARTS) is 1. The van der Waals surface area contributed by atoms with E-state index in [-0.39, 0.29) is 23.6 Å². The first-order valence-electron chi connectivity index (χ1n) is 12.0. The molecule has 0 spiro atoms. The van der Waals surface area contributed by atoms with Gasteiger partial charge in [0.15, 0.2) is 0 Å². The van der Waals surface area contributed by atoms with Crippen LogP contribution in [0.15, 0.2) is 54.6 Å². The number of carbonyl (C=O) groups excluding carboxylic acids is 3. The molecule has 2 aliphatic rings. The van der Waals surface area contributed by atoms with Gasteiger partial charge in [-0.05, 0) is 37.0 Å². The molecule has 1 fully saturated rings. The van der Waals surface area contributed by atoms with Crippen LogP contribution in [-0.4, -0.2) is 56.6 Å². The lowest BCUT2D eigenvalue weighted by atomic mass is 9.97. The van der Waals surface area contributed by atoms with Crippen molar-refractivity contribution >= 4 is 35.5 Å². The van der Waals surface area contributed by atoms with Crippen LogP contribution in [0.2, 0.25) is 0 Å². The molecule has 9 heteroatoms. The molecule has 2 aromatic rings. The van der Waals surface area contributed by atoms with E-state index in [9.17, 15) is 24.3 Å². The smallest absolute Gasteiger partial charge is 0.326 e. The second-order valence-electron chi connectivity index (χ2n) is 10.1. The third kappa shape index (κ3) is 4.84. The van der Waals surface area contributed by atoms with Crippen LogP contribution >= 0.6 is 11.8 Å². The van der Waals surface area contributed by atoms with E-state index in [0.29, 0.717) is 5.56 Å². The molecule has 0 bridgehead atoms. The Morgan fingerprint density at radius 2 is 1.67 bits per heavy atom. The van der Waals surface area contributed by atoms with Crippen LogP contribution in [-0.2, 0) is 20.8 Å². The number of benzene rings is 2. The topological polar surface area (TPSA) is 116 Å². The van der Waals surface area contributed by atoms with E-state index in [4.69, 9.17) is 0 Å². The Hall–Kier alpha value is -3.33. The predicted molar refractivity (Wildman–Crippen MR) is 137 cm³/mol. The van der Waals surface area contributed by atoms with Crippen LogP contribution in [0.1, 0.15) is 54.6 Å². The molecule has 4 rings (SSSR count). The Balaban J connectivity index is 1.51. The number of thioether (sulfide) groups is 1. The van der Waals surface area contributed by atoms with Crippen molar-refractivity contribution in [3.8, 4) is 0 Å². The molecule has 2 heterocycles. The Kier molecular flexibility index (Phi) is 7.13. The van der Waals surface area contributed by atoms with E-state index < -0.39 is 40.7 Å². The highest BCUT2D eigenvalue weighted by molar-refractivity contribution is 8.01.